The number of nitrogens with zero attached hydrogens (tertiary/aromatic N) is 2. The van der Waals surface area contributed by atoms with E-state index in [0.29, 0.717) is 6.54 Å². The van der Waals surface area contributed by atoms with E-state index in [4.69, 9.17) is 9.47 Å². The summed E-state index contributed by atoms with van der Waals surface area (Å²) in [6, 6.07) is 1.74. The SMILES string of the molecule is CC1CN(C(=O)OC(C)(C)C)CC1NC(=O)C(C)(C)COc1ncccc1C(F)(F)F. The van der Waals surface area contributed by atoms with E-state index in [2.05, 4.69) is 10.3 Å². The molecule has 0 saturated carbocycles. The van der Waals surface area contributed by atoms with E-state index in [-0.39, 0.29) is 31.0 Å². The zero-order valence-electron chi connectivity index (χ0n) is 18.7. The van der Waals surface area contributed by atoms with Crippen LogP contribution in [0.2, 0.25) is 0 Å². The Kier molecular flexibility index (Phi) is 7.12. The maximum atomic E-state index is 13.1. The average Bonchev–Trinajstić information content (AvgIpc) is 2.99. The van der Waals surface area contributed by atoms with Crippen molar-refractivity contribution in [2.75, 3.05) is 19.7 Å². The van der Waals surface area contributed by atoms with Crippen molar-refractivity contribution < 1.29 is 32.2 Å². The number of halogens is 3. The minimum absolute atomic E-state index is 0.0131. The van der Waals surface area contributed by atoms with Gasteiger partial charge in [-0.3, -0.25) is 4.79 Å². The monoisotopic (exact) mass is 445 g/mol. The van der Waals surface area contributed by atoms with E-state index in [9.17, 15) is 22.8 Å². The summed E-state index contributed by atoms with van der Waals surface area (Å²) in [5.74, 6) is -0.970. The highest BCUT2D eigenvalue weighted by Gasteiger charge is 2.39. The number of nitrogens with one attached hydrogen (secondary N) is 1. The van der Waals surface area contributed by atoms with Crippen LogP contribution >= 0.6 is 0 Å². The maximum absolute atomic E-state index is 13.1. The van der Waals surface area contributed by atoms with Gasteiger partial charge in [0, 0.05) is 19.3 Å². The smallest absolute Gasteiger partial charge is 0.421 e. The third kappa shape index (κ3) is 6.73. The topological polar surface area (TPSA) is 80.8 Å². The van der Waals surface area contributed by atoms with E-state index in [0.717, 1.165) is 6.07 Å². The fraction of sp³-hybridized carbons (Fsp3) is 0.667. The molecule has 0 radical (unpaired) electrons. The lowest BCUT2D eigenvalue weighted by Gasteiger charge is -2.27. The number of alkyl halides is 3. The van der Waals surface area contributed by atoms with Crippen LogP contribution in [0.15, 0.2) is 18.3 Å². The van der Waals surface area contributed by atoms with Gasteiger partial charge in [-0.05, 0) is 52.7 Å². The molecule has 174 valence electrons. The minimum atomic E-state index is -4.61. The average molecular weight is 445 g/mol. The standard InChI is InChI=1S/C21H30F3N3O4/c1-13-10-27(18(29)31-19(2,3)4)11-15(13)26-17(28)20(5,6)12-30-16-14(21(22,23)24)8-7-9-25-16/h7-9,13,15H,10-12H2,1-6H3,(H,26,28). The molecule has 2 heterocycles. The molecular formula is C21H30F3N3O4. The first-order chi connectivity index (χ1) is 14.1. The Morgan fingerprint density at radius 1 is 1.19 bits per heavy atom. The molecule has 0 bridgehead atoms. The van der Waals surface area contributed by atoms with Crippen LogP contribution in [0.3, 0.4) is 0 Å². The molecule has 0 spiro atoms. The fourth-order valence-electron chi connectivity index (χ4n) is 3.03. The fourth-order valence-corrected chi connectivity index (χ4v) is 3.03. The van der Waals surface area contributed by atoms with Gasteiger partial charge in [0.05, 0.1) is 11.5 Å². The molecule has 0 aromatic carbocycles. The highest BCUT2D eigenvalue weighted by atomic mass is 19.4. The highest BCUT2D eigenvalue weighted by Crippen LogP contribution is 2.35. The van der Waals surface area contributed by atoms with Crippen molar-refractivity contribution in [3.8, 4) is 5.88 Å². The number of likely N-dealkylation sites (tertiary alicyclic amines) is 1. The van der Waals surface area contributed by atoms with Gasteiger partial charge >= 0.3 is 12.3 Å². The zero-order chi connectivity index (χ0) is 23.6. The van der Waals surface area contributed by atoms with E-state index >= 15 is 0 Å². The summed E-state index contributed by atoms with van der Waals surface area (Å²) in [7, 11) is 0. The Bertz CT molecular complexity index is 806. The maximum Gasteiger partial charge on any atom is 0.421 e. The lowest BCUT2D eigenvalue weighted by atomic mass is 9.92. The van der Waals surface area contributed by atoms with Crippen LogP contribution in [0.1, 0.15) is 47.1 Å². The normalized spacial score (nSPS) is 19.8. The van der Waals surface area contributed by atoms with E-state index in [1.807, 2.05) is 6.92 Å². The summed E-state index contributed by atoms with van der Waals surface area (Å²) in [6.45, 7) is 10.8. The van der Waals surface area contributed by atoms with Gasteiger partial charge < -0.3 is 19.7 Å². The first-order valence-corrected chi connectivity index (χ1v) is 10.0. The third-order valence-electron chi connectivity index (χ3n) is 4.84. The molecule has 1 saturated heterocycles. The molecule has 1 N–H and O–H groups in total. The Morgan fingerprint density at radius 2 is 1.84 bits per heavy atom. The predicted octanol–water partition coefficient (Wildman–Crippen LogP) is 3.88. The van der Waals surface area contributed by atoms with Gasteiger partial charge in [0.1, 0.15) is 17.8 Å². The highest BCUT2D eigenvalue weighted by molar-refractivity contribution is 5.82. The van der Waals surface area contributed by atoms with Gasteiger partial charge in [-0.1, -0.05) is 6.92 Å². The molecule has 1 aromatic rings. The van der Waals surface area contributed by atoms with Crippen molar-refractivity contribution in [2.24, 2.45) is 11.3 Å². The van der Waals surface area contributed by atoms with Crippen LogP contribution in [0, 0.1) is 11.3 Å². The quantitative estimate of drug-likeness (QED) is 0.744. The molecule has 1 aliphatic heterocycles. The first-order valence-electron chi connectivity index (χ1n) is 10.0. The molecule has 31 heavy (non-hydrogen) atoms. The van der Waals surface area contributed by atoms with Gasteiger partial charge in [0.25, 0.3) is 0 Å². The lowest BCUT2D eigenvalue weighted by molar-refractivity contribution is -0.139. The summed E-state index contributed by atoms with van der Waals surface area (Å²) >= 11 is 0. The molecule has 10 heteroatoms. The van der Waals surface area contributed by atoms with Crippen LogP contribution in [0.25, 0.3) is 0 Å². The summed E-state index contributed by atoms with van der Waals surface area (Å²) in [4.78, 5) is 30.3. The Morgan fingerprint density at radius 3 is 2.42 bits per heavy atom. The number of aromatic nitrogens is 1. The molecule has 2 atom stereocenters. The third-order valence-corrected chi connectivity index (χ3v) is 4.84. The van der Waals surface area contributed by atoms with Gasteiger partial charge in [0.2, 0.25) is 11.8 Å². The molecule has 2 amide bonds. The largest absolute Gasteiger partial charge is 0.476 e. The molecule has 0 aliphatic carbocycles. The van der Waals surface area contributed by atoms with E-state index in [1.54, 1.807) is 34.6 Å². The summed E-state index contributed by atoms with van der Waals surface area (Å²) in [6.07, 6.45) is -3.86. The van der Waals surface area contributed by atoms with Crippen molar-refractivity contribution in [1.29, 1.82) is 0 Å². The van der Waals surface area contributed by atoms with Crippen LogP contribution < -0.4 is 10.1 Å². The Balaban J connectivity index is 1.98. The van der Waals surface area contributed by atoms with Crippen molar-refractivity contribution in [1.82, 2.24) is 15.2 Å². The number of carbonyl (C=O) groups excluding carboxylic acids is 2. The summed E-state index contributed by atoms with van der Waals surface area (Å²) in [5, 5.41) is 2.89. The Hall–Kier alpha value is -2.52. The van der Waals surface area contributed by atoms with Crippen molar-refractivity contribution in [3.63, 3.8) is 0 Å². The van der Waals surface area contributed by atoms with Crippen molar-refractivity contribution in [2.45, 2.75) is 59.4 Å². The summed E-state index contributed by atoms with van der Waals surface area (Å²) in [5.41, 5.74) is -2.75. The van der Waals surface area contributed by atoms with Crippen LogP contribution in [-0.4, -0.2) is 53.2 Å². The van der Waals surface area contributed by atoms with E-state index < -0.39 is 34.7 Å². The molecule has 1 fully saturated rings. The second-order valence-corrected chi connectivity index (χ2v) is 9.47. The molecule has 1 aliphatic rings. The molecule has 2 unspecified atom stereocenters. The predicted molar refractivity (Wildman–Crippen MR) is 107 cm³/mol. The second-order valence-electron chi connectivity index (χ2n) is 9.47. The van der Waals surface area contributed by atoms with Crippen LogP contribution in [-0.2, 0) is 15.7 Å². The molecule has 1 aromatic heterocycles. The van der Waals surface area contributed by atoms with Crippen LogP contribution in [0.4, 0.5) is 18.0 Å². The number of carbonyl (C=O) groups is 2. The second kappa shape index (κ2) is 8.92. The molecule has 7 nitrogen and oxygen atoms in total. The first kappa shape index (κ1) is 24.7. The molecular weight excluding hydrogens is 415 g/mol. The van der Waals surface area contributed by atoms with Crippen LogP contribution in [0.5, 0.6) is 5.88 Å². The van der Waals surface area contributed by atoms with Gasteiger partial charge in [-0.2, -0.15) is 13.2 Å². The summed E-state index contributed by atoms with van der Waals surface area (Å²) < 4.78 is 50.0. The van der Waals surface area contributed by atoms with Crippen molar-refractivity contribution in [3.05, 3.63) is 23.9 Å². The zero-order valence-corrected chi connectivity index (χ0v) is 18.7. The number of hydrogen-bond acceptors (Lipinski definition) is 5. The Labute approximate surface area is 180 Å². The van der Waals surface area contributed by atoms with Gasteiger partial charge in [-0.15, -0.1) is 0 Å². The van der Waals surface area contributed by atoms with Crippen molar-refractivity contribution >= 4 is 12.0 Å². The number of pyridine rings is 1. The van der Waals surface area contributed by atoms with Gasteiger partial charge in [-0.25, -0.2) is 9.78 Å². The number of ether oxygens (including phenoxy) is 2. The van der Waals surface area contributed by atoms with Gasteiger partial charge in [0.15, 0.2) is 0 Å². The number of hydrogen-bond donors (Lipinski definition) is 1. The minimum Gasteiger partial charge on any atom is -0.476 e. The lowest BCUT2D eigenvalue weighted by Crippen LogP contribution is -2.48. The molecule has 2 rings (SSSR count). The van der Waals surface area contributed by atoms with E-state index in [1.165, 1.54) is 17.2 Å². The number of amides is 2. The number of rotatable bonds is 5.